The van der Waals surface area contributed by atoms with Gasteiger partial charge in [-0.25, -0.2) is 0 Å². The van der Waals surface area contributed by atoms with Gasteiger partial charge in [0.25, 0.3) is 5.91 Å². The van der Waals surface area contributed by atoms with E-state index in [0.717, 1.165) is 62.9 Å². The third kappa shape index (κ3) is 3.23. The topological polar surface area (TPSA) is 49.4 Å². The molecule has 0 unspecified atom stereocenters. The number of hydrogen-bond acceptors (Lipinski definition) is 3. The second kappa shape index (κ2) is 6.87. The fraction of sp³-hybridized carbons (Fsp3) is 0.684. The highest BCUT2D eigenvalue weighted by atomic mass is 32.1. The van der Waals surface area contributed by atoms with E-state index in [1.165, 1.54) is 23.3 Å². The van der Waals surface area contributed by atoms with Crippen LogP contribution in [0.15, 0.2) is 6.07 Å². The number of aryl methyl sites for hydroxylation is 1. The van der Waals surface area contributed by atoms with Gasteiger partial charge >= 0.3 is 0 Å². The maximum atomic E-state index is 12.6. The predicted molar refractivity (Wildman–Crippen MR) is 95.4 cm³/mol. The number of hydrogen-bond donors (Lipinski definition) is 1. The normalized spacial score (nSPS) is 24.2. The summed E-state index contributed by atoms with van der Waals surface area (Å²) in [6.45, 7) is 1.79. The SMILES string of the molecule is O=C(NC1CCCC1)[C@@H]1CCc2sc(C(=O)N3CCCC3)cc2C1. The molecule has 1 aromatic rings. The van der Waals surface area contributed by atoms with Crippen molar-refractivity contribution in [2.45, 2.75) is 63.8 Å². The molecule has 1 saturated carbocycles. The van der Waals surface area contributed by atoms with Crippen molar-refractivity contribution in [1.29, 1.82) is 0 Å². The van der Waals surface area contributed by atoms with E-state index in [-0.39, 0.29) is 17.7 Å². The van der Waals surface area contributed by atoms with Gasteiger partial charge in [0.1, 0.15) is 0 Å². The van der Waals surface area contributed by atoms with Crippen molar-refractivity contribution in [3.05, 3.63) is 21.4 Å². The molecule has 2 heterocycles. The lowest BCUT2D eigenvalue weighted by atomic mass is 9.87. The third-order valence-corrected chi connectivity index (χ3v) is 6.98. The zero-order valence-electron chi connectivity index (χ0n) is 14.2. The first kappa shape index (κ1) is 16.1. The first-order chi connectivity index (χ1) is 11.7. The smallest absolute Gasteiger partial charge is 0.263 e. The van der Waals surface area contributed by atoms with E-state index in [1.54, 1.807) is 11.3 Å². The fourth-order valence-corrected chi connectivity index (χ4v) is 5.49. The number of carbonyl (C=O) groups is 2. The predicted octanol–water partition coefficient (Wildman–Crippen LogP) is 3.15. The van der Waals surface area contributed by atoms with Crippen LogP contribution in [-0.4, -0.2) is 35.8 Å². The Kier molecular flexibility index (Phi) is 4.61. The highest BCUT2D eigenvalue weighted by Gasteiger charge is 2.30. The molecule has 0 aromatic carbocycles. The molecule has 0 spiro atoms. The molecule has 5 heteroatoms. The summed E-state index contributed by atoms with van der Waals surface area (Å²) in [5, 5.41) is 3.24. The molecule has 0 bridgehead atoms. The maximum absolute atomic E-state index is 12.6. The zero-order valence-corrected chi connectivity index (χ0v) is 15.0. The van der Waals surface area contributed by atoms with E-state index < -0.39 is 0 Å². The van der Waals surface area contributed by atoms with Crippen LogP contribution in [0.1, 0.15) is 65.1 Å². The van der Waals surface area contributed by atoms with E-state index in [2.05, 4.69) is 11.4 Å². The van der Waals surface area contributed by atoms with Crippen LogP contribution in [0.3, 0.4) is 0 Å². The first-order valence-electron chi connectivity index (χ1n) is 9.42. The highest BCUT2D eigenvalue weighted by molar-refractivity contribution is 7.14. The standard InChI is InChI=1S/C19H26N2O2S/c22-18(20-15-5-1-2-6-15)13-7-8-16-14(11-13)12-17(24-16)19(23)21-9-3-4-10-21/h12-13,15H,1-11H2,(H,20,22)/t13-/m1/s1. The zero-order chi connectivity index (χ0) is 16.5. The Morgan fingerprint density at radius 2 is 1.83 bits per heavy atom. The molecule has 1 saturated heterocycles. The van der Waals surface area contributed by atoms with Crippen LogP contribution in [0.4, 0.5) is 0 Å². The van der Waals surface area contributed by atoms with Crippen LogP contribution in [-0.2, 0) is 17.6 Å². The van der Waals surface area contributed by atoms with Crippen LogP contribution in [0.5, 0.6) is 0 Å². The summed E-state index contributed by atoms with van der Waals surface area (Å²) >= 11 is 1.65. The lowest BCUT2D eigenvalue weighted by Crippen LogP contribution is -2.39. The molecule has 24 heavy (non-hydrogen) atoms. The summed E-state index contributed by atoms with van der Waals surface area (Å²) < 4.78 is 0. The summed E-state index contributed by atoms with van der Waals surface area (Å²) in [5.74, 6) is 0.507. The number of carbonyl (C=O) groups excluding carboxylic acids is 2. The number of fused-ring (bicyclic) bond motifs is 1. The second-order valence-corrected chi connectivity index (χ2v) is 8.62. The third-order valence-electron chi connectivity index (χ3n) is 5.76. The van der Waals surface area contributed by atoms with E-state index in [0.29, 0.717) is 6.04 Å². The molecule has 1 aromatic heterocycles. The molecular formula is C19H26N2O2S. The van der Waals surface area contributed by atoms with Crippen LogP contribution in [0.25, 0.3) is 0 Å². The Labute approximate surface area is 147 Å². The van der Waals surface area contributed by atoms with Crippen molar-refractivity contribution in [2.75, 3.05) is 13.1 Å². The Morgan fingerprint density at radius 3 is 2.58 bits per heavy atom. The maximum Gasteiger partial charge on any atom is 0.263 e. The van der Waals surface area contributed by atoms with Gasteiger partial charge in [-0.05, 0) is 56.6 Å². The van der Waals surface area contributed by atoms with Crippen LogP contribution in [0, 0.1) is 5.92 Å². The molecule has 1 aliphatic heterocycles. The Hall–Kier alpha value is -1.36. The van der Waals surface area contributed by atoms with Crippen molar-refractivity contribution < 1.29 is 9.59 Å². The molecule has 1 atom stereocenters. The van der Waals surface area contributed by atoms with Crippen LogP contribution < -0.4 is 5.32 Å². The Bertz CT molecular complexity index is 627. The quantitative estimate of drug-likeness (QED) is 0.914. The van der Waals surface area contributed by atoms with E-state index in [9.17, 15) is 9.59 Å². The van der Waals surface area contributed by atoms with Crippen molar-refractivity contribution in [3.8, 4) is 0 Å². The highest BCUT2D eigenvalue weighted by Crippen LogP contribution is 2.33. The number of amides is 2. The average Bonchev–Trinajstić information content (AvgIpc) is 3.33. The monoisotopic (exact) mass is 346 g/mol. The number of thiophene rings is 1. The summed E-state index contributed by atoms with van der Waals surface area (Å²) in [7, 11) is 0. The van der Waals surface area contributed by atoms with Gasteiger partial charge in [-0.15, -0.1) is 11.3 Å². The molecule has 2 aliphatic carbocycles. The summed E-state index contributed by atoms with van der Waals surface area (Å²) in [6, 6.07) is 2.46. The largest absolute Gasteiger partial charge is 0.353 e. The lowest BCUT2D eigenvalue weighted by molar-refractivity contribution is -0.126. The number of likely N-dealkylation sites (tertiary alicyclic amines) is 1. The van der Waals surface area contributed by atoms with E-state index in [1.807, 2.05) is 4.90 Å². The molecular weight excluding hydrogens is 320 g/mol. The van der Waals surface area contributed by atoms with Crippen LogP contribution in [0.2, 0.25) is 0 Å². The Balaban J connectivity index is 1.41. The molecule has 130 valence electrons. The molecule has 2 amide bonds. The Morgan fingerprint density at radius 1 is 1.08 bits per heavy atom. The summed E-state index contributed by atoms with van der Waals surface area (Å²) in [5.41, 5.74) is 1.24. The van der Waals surface area contributed by atoms with Gasteiger partial charge in [-0.2, -0.15) is 0 Å². The van der Waals surface area contributed by atoms with Gasteiger partial charge in [-0.3, -0.25) is 9.59 Å². The van der Waals surface area contributed by atoms with Gasteiger partial charge in [0, 0.05) is 29.9 Å². The number of rotatable bonds is 3. The minimum absolute atomic E-state index is 0.0856. The van der Waals surface area contributed by atoms with Crippen molar-refractivity contribution in [1.82, 2.24) is 10.2 Å². The van der Waals surface area contributed by atoms with Gasteiger partial charge in [-0.1, -0.05) is 12.8 Å². The molecule has 3 aliphatic rings. The molecule has 4 rings (SSSR count). The average molecular weight is 346 g/mol. The molecule has 1 N–H and O–H groups in total. The second-order valence-electron chi connectivity index (χ2n) is 7.49. The minimum Gasteiger partial charge on any atom is -0.353 e. The van der Waals surface area contributed by atoms with Gasteiger partial charge < -0.3 is 10.2 Å². The van der Waals surface area contributed by atoms with E-state index >= 15 is 0 Å². The number of nitrogens with zero attached hydrogens (tertiary/aromatic N) is 1. The first-order valence-corrected chi connectivity index (χ1v) is 10.2. The van der Waals surface area contributed by atoms with Crippen molar-refractivity contribution in [3.63, 3.8) is 0 Å². The van der Waals surface area contributed by atoms with Gasteiger partial charge in [0.05, 0.1) is 4.88 Å². The molecule has 2 fully saturated rings. The van der Waals surface area contributed by atoms with Gasteiger partial charge in [0.15, 0.2) is 0 Å². The van der Waals surface area contributed by atoms with Crippen molar-refractivity contribution in [2.24, 2.45) is 5.92 Å². The lowest BCUT2D eigenvalue weighted by Gasteiger charge is -2.23. The molecule has 4 nitrogen and oxygen atoms in total. The van der Waals surface area contributed by atoms with Crippen molar-refractivity contribution >= 4 is 23.2 Å². The minimum atomic E-state index is 0.0856. The summed E-state index contributed by atoms with van der Waals surface area (Å²) in [6.07, 6.45) is 9.67. The van der Waals surface area contributed by atoms with Gasteiger partial charge in [0.2, 0.25) is 5.91 Å². The summed E-state index contributed by atoms with van der Waals surface area (Å²) in [4.78, 5) is 29.3. The fourth-order valence-electron chi connectivity index (χ4n) is 4.32. The molecule has 0 radical (unpaired) electrons. The number of nitrogens with one attached hydrogen (secondary N) is 1. The van der Waals surface area contributed by atoms with Crippen LogP contribution >= 0.6 is 11.3 Å². The van der Waals surface area contributed by atoms with E-state index in [4.69, 9.17) is 0 Å².